The van der Waals surface area contributed by atoms with Crippen LogP contribution in [0.15, 0.2) is 25.3 Å². The van der Waals surface area contributed by atoms with E-state index in [1.807, 2.05) is 0 Å². The van der Waals surface area contributed by atoms with E-state index in [2.05, 4.69) is 51.9 Å². The minimum atomic E-state index is -6.10. The van der Waals surface area contributed by atoms with Gasteiger partial charge in [-0.05, 0) is 0 Å². The number of ether oxygens (including phenoxy) is 2. The number of nitrogens with two attached hydrogens (primary N) is 2. The van der Waals surface area contributed by atoms with Crippen LogP contribution in [0.3, 0.4) is 0 Å². The van der Waals surface area contributed by atoms with Crippen molar-refractivity contribution in [3.05, 3.63) is 25.3 Å². The highest BCUT2D eigenvalue weighted by Gasteiger charge is 2.48. The maximum Gasteiger partial charge on any atom is 0.490 e. The molecule has 31 heteroatoms. The smallest absolute Gasteiger partial charge is 0.390 e. The van der Waals surface area contributed by atoms with Crippen LogP contribution in [0.5, 0.6) is 0 Å². The number of aliphatic hydroxyl groups excluding tert-OH is 2. The number of nitrogen functional groups attached to an aromatic ring is 2. The Morgan fingerprint density at radius 2 is 1.21 bits per heavy atom. The molecule has 2 aliphatic heterocycles. The summed E-state index contributed by atoms with van der Waals surface area (Å²) in [5.41, 5.74) is 12.5. The Balaban J connectivity index is 1.00. The molecule has 286 valence electrons. The summed E-state index contributed by atoms with van der Waals surface area (Å²) < 4.78 is 84.9. The molecule has 27 nitrogen and oxygen atoms in total. The van der Waals surface area contributed by atoms with Crippen molar-refractivity contribution in [3.63, 3.8) is 0 Å². The normalized spacial score (nSPS) is 29.9. The molecule has 0 bridgehead atoms. The van der Waals surface area contributed by atoms with E-state index in [1.54, 1.807) is 6.92 Å². The lowest BCUT2D eigenvalue weighted by Crippen LogP contribution is -2.29. The number of phosphoric ester groups is 2. The first-order valence-electron chi connectivity index (χ1n) is 14.5. The molecule has 6 rings (SSSR count). The number of hydrogen-bond donors (Lipinski definition) is 8. The van der Waals surface area contributed by atoms with Gasteiger partial charge in [0.05, 0.1) is 38.1 Å². The summed E-state index contributed by atoms with van der Waals surface area (Å²) >= 11 is 0. The second-order valence-electron chi connectivity index (χ2n) is 11.2. The van der Waals surface area contributed by atoms with E-state index in [4.69, 9.17) is 20.9 Å². The Morgan fingerprint density at radius 3 is 1.77 bits per heavy atom. The number of rotatable bonds is 14. The van der Waals surface area contributed by atoms with Crippen molar-refractivity contribution in [2.45, 2.75) is 50.2 Å². The Morgan fingerprint density at radius 1 is 0.731 bits per heavy atom. The van der Waals surface area contributed by atoms with E-state index in [1.165, 1.54) is 34.4 Å². The second kappa shape index (κ2) is 14.4. The van der Waals surface area contributed by atoms with Crippen LogP contribution in [0.25, 0.3) is 22.3 Å². The van der Waals surface area contributed by atoms with Gasteiger partial charge in [-0.3, -0.25) is 18.2 Å². The van der Waals surface area contributed by atoms with Gasteiger partial charge < -0.3 is 50.7 Å². The third kappa shape index (κ3) is 8.41. The Bertz CT molecular complexity index is 2160. The first-order valence-corrected chi connectivity index (χ1v) is 20.5. The lowest BCUT2D eigenvalue weighted by atomic mass is 10.0. The molecule has 0 aliphatic carbocycles. The molecule has 2 fully saturated rings. The lowest BCUT2D eigenvalue weighted by molar-refractivity contribution is -0.0438. The van der Waals surface area contributed by atoms with Gasteiger partial charge in [0.1, 0.15) is 48.4 Å². The van der Waals surface area contributed by atoms with Crippen molar-refractivity contribution in [1.29, 1.82) is 0 Å². The predicted octanol–water partition coefficient (Wildman–Crippen LogP) is -0.142. The molecule has 0 amide bonds. The average molecular weight is 818 g/mol. The van der Waals surface area contributed by atoms with Crippen LogP contribution in [-0.4, -0.2) is 106 Å². The minimum Gasteiger partial charge on any atom is -0.390 e. The maximum absolute atomic E-state index is 12.5. The molecule has 2 saturated heterocycles. The number of anilines is 2. The van der Waals surface area contributed by atoms with Crippen molar-refractivity contribution in [1.82, 2.24) is 39.0 Å². The third-order valence-corrected chi connectivity index (χ3v) is 13.6. The van der Waals surface area contributed by atoms with E-state index in [0.717, 1.165) is 0 Å². The van der Waals surface area contributed by atoms with Crippen molar-refractivity contribution < 1.29 is 79.5 Å². The summed E-state index contributed by atoms with van der Waals surface area (Å²) in [4.78, 5) is 63.7. The number of hydrogen-bond acceptors (Lipinski definition) is 21. The third-order valence-electron chi connectivity index (χ3n) is 7.67. The molecule has 0 radical (unpaired) electrons. The van der Waals surface area contributed by atoms with Crippen molar-refractivity contribution >= 4 is 65.3 Å². The van der Waals surface area contributed by atoms with Gasteiger partial charge in [0.2, 0.25) is 0 Å². The highest BCUT2D eigenvalue weighted by atomic mass is 31.3. The number of imidazole rings is 2. The Hall–Kier alpha value is -2.90. The molecule has 0 saturated carbocycles. The van der Waals surface area contributed by atoms with Gasteiger partial charge >= 0.3 is 31.3 Å². The molecule has 52 heavy (non-hydrogen) atoms. The number of aliphatic hydroxyl groups is 2. The summed E-state index contributed by atoms with van der Waals surface area (Å²) in [5.74, 6) is -0.541. The van der Waals surface area contributed by atoms with Crippen LogP contribution in [-0.2, 0) is 49.7 Å². The topological polar surface area (TPSA) is 394 Å². The highest BCUT2D eigenvalue weighted by Crippen LogP contribution is 2.71. The first kappa shape index (κ1) is 38.8. The van der Waals surface area contributed by atoms with Gasteiger partial charge in [0.25, 0.3) is 0 Å². The van der Waals surface area contributed by atoms with Crippen LogP contribution in [0.2, 0.25) is 0 Å². The van der Waals surface area contributed by atoms with Crippen LogP contribution in [0, 0.1) is 5.92 Å². The summed E-state index contributed by atoms with van der Waals surface area (Å²) in [6.07, 6.45) is -2.29. The monoisotopic (exact) mass is 818 g/mol. The highest BCUT2D eigenvalue weighted by molar-refractivity contribution is 7.69. The first-order chi connectivity index (χ1) is 24.2. The van der Waals surface area contributed by atoms with Gasteiger partial charge in [-0.2, -0.15) is 12.9 Å². The number of phosphoric acid groups is 4. The second-order valence-corrected chi connectivity index (χ2v) is 17.4. The molecule has 6 heterocycles. The van der Waals surface area contributed by atoms with Crippen molar-refractivity contribution in [2.75, 3.05) is 24.7 Å². The molecule has 0 spiro atoms. The van der Waals surface area contributed by atoms with E-state index < -0.39 is 87.3 Å². The Kier molecular flexibility index (Phi) is 10.7. The maximum atomic E-state index is 12.5. The molecule has 2 aliphatic rings. The van der Waals surface area contributed by atoms with Crippen LogP contribution < -0.4 is 11.5 Å². The number of nitrogens with zero attached hydrogens (tertiary/aromatic N) is 8. The van der Waals surface area contributed by atoms with E-state index >= 15 is 0 Å². The SMILES string of the molecule is CC1C(O)[C@@H](COP(=O)(O)OP(=O)(O)OP(=O)(O)OP(=O)(O)OC[C@H]2O[C@@H](n3cnc4c(N)ncnc43)CC2O)O[C@H]1n1cnc2c(N)ncnc21. The van der Waals surface area contributed by atoms with Gasteiger partial charge in [-0.25, -0.2) is 48.2 Å². The number of aromatic nitrogens is 8. The van der Waals surface area contributed by atoms with Crippen LogP contribution >= 0.6 is 31.3 Å². The van der Waals surface area contributed by atoms with Gasteiger partial charge in [0.15, 0.2) is 22.9 Å². The summed E-state index contributed by atoms with van der Waals surface area (Å²) in [6, 6.07) is 0. The molecular weight excluding hydrogens is 788 g/mol. The largest absolute Gasteiger partial charge is 0.490 e. The summed E-state index contributed by atoms with van der Waals surface area (Å²) in [7, 11) is -23.5. The molecule has 10 N–H and O–H groups in total. The van der Waals surface area contributed by atoms with Gasteiger partial charge in [-0.15, -0.1) is 0 Å². The molecule has 7 unspecified atom stereocenters. The van der Waals surface area contributed by atoms with E-state index in [9.17, 15) is 48.0 Å². The summed E-state index contributed by atoms with van der Waals surface area (Å²) in [6.45, 7) is -0.287. The molecule has 0 aromatic carbocycles. The number of fused-ring (bicyclic) bond motifs is 2. The standard InChI is InChI=1S/C21H30N10O17P4/c1-9-16(33)12(45-21(9)31-8-29-15-18(23)25-6-27-20(15)31)4-43-50(36,37)47-52(40,41)48-51(38,39)46-49(34,35)42-3-11-10(32)2-13(44-11)30-7-28-14-17(22)24-5-26-19(14)30/h5-13,16,21,32-33H,2-4H2,1H3,(H,34,35)(H,36,37)(H,38,39)(H,40,41)(H2,22,24,26)(H2,23,25,27)/t9?,10?,11-,12-,13-,16?,21-/m1/s1. The molecular formula is C21H30N10O17P4. The van der Waals surface area contributed by atoms with Crippen molar-refractivity contribution in [2.24, 2.45) is 5.92 Å². The molecule has 4 aromatic heterocycles. The quantitative estimate of drug-likeness (QED) is 0.0767. The fourth-order valence-corrected chi connectivity index (χ4v) is 10.3. The molecule has 11 atom stereocenters. The van der Waals surface area contributed by atoms with Gasteiger partial charge in [-0.1, -0.05) is 6.92 Å². The summed E-state index contributed by atoms with van der Waals surface area (Å²) in [5, 5.41) is 21.1. The fourth-order valence-electron chi connectivity index (χ4n) is 5.32. The lowest BCUT2D eigenvalue weighted by Gasteiger charge is -2.21. The fraction of sp³-hybridized carbons (Fsp3) is 0.524. The van der Waals surface area contributed by atoms with Crippen molar-refractivity contribution in [3.8, 4) is 0 Å². The van der Waals surface area contributed by atoms with Crippen LogP contribution in [0.1, 0.15) is 25.8 Å². The zero-order valence-corrected chi connectivity index (χ0v) is 29.7. The average Bonchev–Trinajstić information content (AvgIpc) is 3.80. The van der Waals surface area contributed by atoms with Gasteiger partial charge in [0, 0.05) is 12.3 Å². The van der Waals surface area contributed by atoms with E-state index in [0.29, 0.717) is 0 Å². The zero-order chi connectivity index (χ0) is 37.8. The predicted molar refractivity (Wildman–Crippen MR) is 168 cm³/mol. The molecule has 4 aromatic rings. The van der Waals surface area contributed by atoms with E-state index in [-0.39, 0.29) is 40.4 Å². The Labute approximate surface area is 289 Å². The zero-order valence-electron chi connectivity index (χ0n) is 26.2. The van der Waals surface area contributed by atoms with Crippen LogP contribution in [0.4, 0.5) is 11.6 Å². The minimum absolute atomic E-state index is 0.0760.